The summed E-state index contributed by atoms with van der Waals surface area (Å²) in [4.78, 5) is 15.1. The first-order valence-corrected chi connectivity index (χ1v) is 9.85. The molecule has 0 spiro atoms. The van der Waals surface area contributed by atoms with Gasteiger partial charge in [0.25, 0.3) is 5.91 Å². The second kappa shape index (κ2) is 8.90. The number of carbonyl (C=O) groups is 1. The molecule has 0 radical (unpaired) electrons. The van der Waals surface area contributed by atoms with Gasteiger partial charge in [-0.25, -0.2) is 0 Å². The smallest absolute Gasteiger partial charge is 0.252 e. The fraction of sp³-hybridized carbons (Fsp3) is 0.208. The average Bonchev–Trinajstić information content (AvgIpc) is 2.79. The highest BCUT2D eigenvalue weighted by atomic mass is 16.5. The van der Waals surface area contributed by atoms with Gasteiger partial charge in [-0.1, -0.05) is 54.6 Å². The molecular formula is C24H25N3O2. The summed E-state index contributed by atoms with van der Waals surface area (Å²) < 4.78 is 5.51. The maximum atomic E-state index is 12.9. The first-order chi connectivity index (χ1) is 14.2. The molecule has 0 aromatic heterocycles. The second-order valence-electron chi connectivity index (χ2n) is 7.10. The van der Waals surface area contributed by atoms with Crippen molar-refractivity contribution in [1.82, 2.24) is 10.2 Å². The van der Waals surface area contributed by atoms with Crippen LogP contribution in [0.3, 0.4) is 0 Å². The fourth-order valence-electron chi connectivity index (χ4n) is 3.62. The lowest BCUT2D eigenvalue weighted by atomic mass is 9.99. The number of nitrogen functional groups attached to an aromatic ring is 1. The molecule has 0 bridgehead atoms. The third-order valence-electron chi connectivity index (χ3n) is 5.20. The first kappa shape index (κ1) is 19.2. The molecule has 148 valence electrons. The van der Waals surface area contributed by atoms with Gasteiger partial charge < -0.3 is 15.8 Å². The molecule has 4 rings (SSSR count). The number of rotatable bonds is 5. The number of nitrogens with zero attached hydrogens (tertiary/aromatic N) is 1. The molecule has 1 saturated heterocycles. The van der Waals surface area contributed by atoms with Crippen molar-refractivity contribution in [1.29, 1.82) is 0 Å². The van der Waals surface area contributed by atoms with E-state index in [0.717, 1.165) is 29.8 Å². The number of ether oxygens (including phenoxy) is 1. The van der Waals surface area contributed by atoms with Crippen molar-refractivity contribution in [3.05, 3.63) is 90.0 Å². The number of hydrogen-bond donors (Lipinski definition) is 2. The Labute approximate surface area is 171 Å². The van der Waals surface area contributed by atoms with E-state index < -0.39 is 0 Å². The number of hydrogen-bond acceptors (Lipinski definition) is 4. The van der Waals surface area contributed by atoms with Gasteiger partial charge in [0, 0.05) is 29.9 Å². The van der Waals surface area contributed by atoms with E-state index in [4.69, 9.17) is 10.5 Å². The lowest BCUT2D eigenvalue weighted by molar-refractivity contribution is 0.00864. The number of morpholine rings is 1. The van der Waals surface area contributed by atoms with E-state index in [1.54, 1.807) is 0 Å². The Balaban J connectivity index is 1.69. The summed E-state index contributed by atoms with van der Waals surface area (Å²) in [5.41, 5.74) is 10.8. The molecule has 3 aromatic rings. The van der Waals surface area contributed by atoms with Crippen LogP contribution < -0.4 is 11.1 Å². The van der Waals surface area contributed by atoms with E-state index in [0.29, 0.717) is 24.5 Å². The summed E-state index contributed by atoms with van der Waals surface area (Å²) in [5.74, 6) is -0.119. The van der Waals surface area contributed by atoms with Crippen molar-refractivity contribution >= 4 is 11.6 Å². The van der Waals surface area contributed by atoms with Crippen LogP contribution in [0, 0.1) is 0 Å². The predicted octanol–water partition coefficient (Wildman–Crippen LogP) is 3.70. The molecule has 29 heavy (non-hydrogen) atoms. The van der Waals surface area contributed by atoms with Gasteiger partial charge in [-0.3, -0.25) is 9.69 Å². The summed E-state index contributed by atoms with van der Waals surface area (Å²) in [5, 5.41) is 3.19. The van der Waals surface area contributed by atoms with E-state index >= 15 is 0 Å². The minimum atomic E-state index is -0.324. The van der Waals surface area contributed by atoms with Crippen LogP contribution >= 0.6 is 0 Å². The SMILES string of the molecule is Nc1ccc(-c2ccccc2)cc1C(NC(=O)c1ccccc1)N1CCOCC1. The lowest BCUT2D eigenvalue weighted by Gasteiger charge is -2.35. The molecule has 5 heteroatoms. The highest BCUT2D eigenvalue weighted by molar-refractivity contribution is 5.94. The van der Waals surface area contributed by atoms with Crippen LogP contribution in [-0.4, -0.2) is 37.1 Å². The normalized spacial score (nSPS) is 15.6. The second-order valence-corrected chi connectivity index (χ2v) is 7.10. The standard InChI is InChI=1S/C24H25N3O2/c25-22-12-11-20(18-7-3-1-4-8-18)17-21(22)23(27-13-15-29-16-14-27)26-24(28)19-9-5-2-6-10-19/h1-12,17,23H,13-16,25H2,(H,26,28). The van der Waals surface area contributed by atoms with Crippen molar-refractivity contribution in [3.8, 4) is 11.1 Å². The van der Waals surface area contributed by atoms with Gasteiger partial charge in [-0.2, -0.15) is 0 Å². The van der Waals surface area contributed by atoms with Gasteiger partial charge in [-0.15, -0.1) is 0 Å². The molecule has 0 aliphatic carbocycles. The summed E-state index contributed by atoms with van der Waals surface area (Å²) in [7, 11) is 0. The van der Waals surface area contributed by atoms with Crippen molar-refractivity contribution in [2.24, 2.45) is 0 Å². The molecule has 1 heterocycles. The Morgan fingerprint density at radius 1 is 0.897 bits per heavy atom. The third kappa shape index (κ3) is 4.47. The topological polar surface area (TPSA) is 67.6 Å². The monoisotopic (exact) mass is 387 g/mol. The Morgan fingerprint density at radius 3 is 2.24 bits per heavy atom. The Kier molecular flexibility index (Phi) is 5.89. The van der Waals surface area contributed by atoms with Crippen LogP contribution in [0.2, 0.25) is 0 Å². The summed E-state index contributed by atoms with van der Waals surface area (Å²) in [6.45, 7) is 2.73. The van der Waals surface area contributed by atoms with Gasteiger partial charge in [0.15, 0.2) is 0 Å². The van der Waals surface area contributed by atoms with E-state index in [9.17, 15) is 4.79 Å². The number of carbonyl (C=O) groups excluding carboxylic acids is 1. The molecule has 1 atom stereocenters. The Bertz CT molecular complexity index is 954. The number of nitrogens with two attached hydrogens (primary N) is 1. The van der Waals surface area contributed by atoms with Crippen molar-refractivity contribution in [3.63, 3.8) is 0 Å². The molecule has 1 amide bonds. The predicted molar refractivity (Wildman–Crippen MR) is 115 cm³/mol. The van der Waals surface area contributed by atoms with Gasteiger partial charge in [0.2, 0.25) is 0 Å². The maximum absolute atomic E-state index is 12.9. The van der Waals surface area contributed by atoms with Gasteiger partial charge in [-0.05, 0) is 35.4 Å². The Hall–Kier alpha value is -3.15. The minimum absolute atomic E-state index is 0.119. The molecule has 1 aliphatic rings. The zero-order valence-electron chi connectivity index (χ0n) is 16.3. The summed E-state index contributed by atoms with van der Waals surface area (Å²) >= 11 is 0. The largest absolute Gasteiger partial charge is 0.398 e. The summed E-state index contributed by atoms with van der Waals surface area (Å²) in [6, 6.07) is 25.4. The molecular weight excluding hydrogens is 362 g/mol. The van der Waals surface area contributed by atoms with Crippen LogP contribution in [0.5, 0.6) is 0 Å². The van der Waals surface area contributed by atoms with Crippen molar-refractivity contribution in [2.75, 3.05) is 32.0 Å². The molecule has 1 fully saturated rings. The molecule has 1 aliphatic heterocycles. The number of benzene rings is 3. The van der Waals surface area contributed by atoms with Crippen LogP contribution in [0.4, 0.5) is 5.69 Å². The third-order valence-corrected chi connectivity index (χ3v) is 5.20. The summed E-state index contributed by atoms with van der Waals surface area (Å²) in [6.07, 6.45) is -0.324. The van der Waals surface area contributed by atoms with Crippen LogP contribution in [0.1, 0.15) is 22.1 Å². The van der Waals surface area contributed by atoms with Gasteiger partial charge in [0.05, 0.1) is 13.2 Å². The van der Waals surface area contributed by atoms with Crippen LogP contribution in [0.25, 0.3) is 11.1 Å². The first-order valence-electron chi connectivity index (χ1n) is 9.85. The highest BCUT2D eigenvalue weighted by Gasteiger charge is 2.26. The number of amides is 1. The fourth-order valence-corrected chi connectivity index (χ4v) is 3.62. The van der Waals surface area contributed by atoms with E-state index in [-0.39, 0.29) is 12.1 Å². The molecule has 3 aromatic carbocycles. The van der Waals surface area contributed by atoms with E-state index in [1.807, 2.05) is 60.7 Å². The lowest BCUT2D eigenvalue weighted by Crippen LogP contribution is -2.46. The minimum Gasteiger partial charge on any atom is -0.398 e. The van der Waals surface area contributed by atoms with E-state index in [1.165, 1.54) is 0 Å². The molecule has 1 unspecified atom stereocenters. The van der Waals surface area contributed by atoms with Crippen molar-refractivity contribution < 1.29 is 9.53 Å². The number of anilines is 1. The molecule has 5 nitrogen and oxygen atoms in total. The van der Waals surface area contributed by atoms with Crippen LogP contribution in [-0.2, 0) is 4.74 Å². The molecule has 0 saturated carbocycles. The number of nitrogens with one attached hydrogen (secondary N) is 1. The zero-order chi connectivity index (χ0) is 20.1. The van der Waals surface area contributed by atoms with Crippen molar-refractivity contribution in [2.45, 2.75) is 6.17 Å². The maximum Gasteiger partial charge on any atom is 0.252 e. The van der Waals surface area contributed by atoms with E-state index in [2.05, 4.69) is 28.4 Å². The van der Waals surface area contributed by atoms with Gasteiger partial charge >= 0.3 is 0 Å². The molecule has 3 N–H and O–H groups in total. The van der Waals surface area contributed by atoms with Gasteiger partial charge in [0.1, 0.15) is 6.17 Å². The average molecular weight is 387 g/mol. The zero-order valence-corrected chi connectivity index (χ0v) is 16.3. The van der Waals surface area contributed by atoms with Crippen LogP contribution in [0.15, 0.2) is 78.9 Å². The highest BCUT2D eigenvalue weighted by Crippen LogP contribution is 2.30. The quantitative estimate of drug-likeness (QED) is 0.655. The Morgan fingerprint density at radius 2 is 1.55 bits per heavy atom.